The van der Waals surface area contributed by atoms with Crippen molar-refractivity contribution in [3.05, 3.63) is 102 Å². The van der Waals surface area contributed by atoms with Gasteiger partial charge >= 0.3 is 6.09 Å². The Bertz CT molecular complexity index is 2000. The zero-order valence-corrected chi connectivity index (χ0v) is 30.8. The average Bonchev–Trinajstić information content (AvgIpc) is 3.40. The number of likely N-dealkylation sites (N-methyl/N-ethyl adjacent to an activating group) is 1. The number of nitrogens with one attached hydrogen (secondary N) is 3. The molecular weight excluding hydrogens is 658 g/mol. The molecule has 0 saturated carbocycles. The van der Waals surface area contributed by atoms with Gasteiger partial charge in [0.1, 0.15) is 22.7 Å². The maximum atomic E-state index is 14.3. The van der Waals surface area contributed by atoms with E-state index in [1.54, 1.807) is 59.5 Å². The second kappa shape index (κ2) is 13.8. The minimum Gasteiger partial charge on any atom is -0.444 e. The zero-order chi connectivity index (χ0) is 37.4. The first kappa shape index (κ1) is 36.2. The van der Waals surface area contributed by atoms with Gasteiger partial charge in [-0.25, -0.2) is 9.78 Å². The summed E-state index contributed by atoms with van der Waals surface area (Å²) in [6, 6.07) is 17.1. The first-order valence-electron chi connectivity index (χ1n) is 17.5. The van der Waals surface area contributed by atoms with Crippen LogP contribution in [0.4, 0.5) is 10.6 Å². The van der Waals surface area contributed by atoms with E-state index in [1.807, 2.05) is 60.8 Å². The number of allylic oxidation sites excluding steroid dienone is 1. The quantitative estimate of drug-likeness (QED) is 0.184. The third-order valence-electron chi connectivity index (χ3n) is 9.42. The Hall–Kier alpha value is -5.65. The number of H-pyrrole nitrogens is 1. The summed E-state index contributed by atoms with van der Waals surface area (Å²) in [5, 5.41) is 5.62. The van der Waals surface area contributed by atoms with Crippen LogP contribution in [-0.4, -0.2) is 85.5 Å². The Morgan fingerprint density at radius 1 is 1.00 bits per heavy atom. The number of hydrogen-bond acceptors (Lipinski definition) is 6. The van der Waals surface area contributed by atoms with Crippen LogP contribution in [0.25, 0.3) is 17.2 Å². The molecule has 2 unspecified atom stereocenters. The van der Waals surface area contributed by atoms with Gasteiger partial charge in [-0.3, -0.25) is 14.4 Å². The maximum Gasteiger partial charge on any atom is 0.408 e. The van der Waals surface area contributed by atoms with Crippen LogP contribution < -0.4 is 10.6 Å². The van der Waals surface area contributed by atoms with Crippen LogP contribution in [0, 0.1) is 0 Å². The molecule has 4 aromatic rings. The third-order valence-corrected chi connectivity index (χ3v) is 9.42. The van der Waals surface area contributed by atoms with E-state index >= 15 is 0 Å². The standard InChI is InChI=1S/C40H47N7O5/c1-38(2,3)52-37(51)44-39(4,5)36(50)47-24-40(47,21-29-22-41-31-16-12-11-15-30(29)31)35(49)43-32-23-46(25-42-32)33(34(48)45(6)7)28-19-17-27(18-20-28)26-13-9-8-10-14-26/h8-11,13-15,17-20,22-23,25,33,41H,12,16,21,24H2,1-7H3,(H,43,49)(H,44,51). The number of aromatic amines is 1. The summed E-state index contributed by atoms with van der Waals surface area (Å²) < 4.78 is 7.09. The summed E-state index contributed by atoms with van der Waals surface area (Å²) in [7, 11) is 3.40. The first-order chi connectivity index (χ1) is 24.6. The Morgan fingerprint density at radius 3 is 2.37 bits per heavy atom. The van der Waals surface area contributed by atoms with Crippen molar-refractivity contribution in [2.75, 3.05) is 26.0 Å². The lowest BCUT2D eigenvalue weighted by atomic mass is 9.93. The molecule has 0 radical (unpaired) electrons. The fourth-order valence-electron chi connectivity index (χ4n) is 6.65. The molecule has 6 rings (SSSR count). The van der Waals surface area contributed by atoms with E-state index < -0.39 is 40.6 Å². The average molecular weight is 706 g/mol. The van der Waals surface area contributed by atoms with Crippen molar-refractivity contribution in [1.82, 2.24) is 29.7 Å². The van der Waals surface area contributed by atoms with Crippen molar-refractivity contribution in [3.8, 4) is 11.1 Å². The number of aryl methyl sites for hydroxylation is 1. The molecule has 1 fully saturated rings. The Morgan fingerprint density at radius 2 is 1.69 bits per heavy atom. The number of aromatic nitrogens is 3. The van der Waals surface area contributed by atoms with E-state index in [4.69, 9.17) is 4.74 Å². The number of benzene rings is 2. The number of fused-ring (bicyclic) bond motifs is 1. The van der Waals surface area contributed by atoms with Crippen LogP contribution in [0.15, 0.2) is 79.4 Å². The molecule has 1 saturated heterocycles. The molecule has 12 heteroatoms. The lowest BCUT2D eigenvalue weighted by Crippen LogP contribution is -2.55. The summed E-state index contributed by atoms with van der Waals surface area (Å²) in [5.74, 6) is -0.766. The molecule has 2 atom stereocenters. The molecule has 2 aliphatic rings. The van der Waals surface area contributed by atoms with Gasteiger partial charge in [-0.05, 0) is 75.3 Å². The minimum atomic E-state index is -1.36. The molecule has 1 aliphatic heterocycles. The van der Waals surface area contributed by atoms with E-state index in [2.05, 4.69) is 32.8 Å². The molecule has 2 aromatic carbocycles. The normalized spacial score (nSPS) is 17.2. The highest BCUT2D eigenvalue weighted by Crippen LogP contribution is 2.41. The van der Waals surface area contributed by atoms with Crippen LogP contribution in [0.5, 0.6) is 0 Å². The molecule has 4 amide bonds. The minimum absolute atomic E-state index is 0.136. The molecule has 2 aromatic heterocycles. The van der Waals surface area contributed by atoms with Gasteiger partial charge < -0.3 is 34.7 Å². The number of imidazole rings is 1. The van der Waals surface area contributed by atoms with Gasteiger partial charge in [-0.15, -0.1) is 0 Å². The Labute approximate surface area is 304 Å². The third kappa shape index (κ3) is 7.51. The van der Waals surface area contributed by atoms with E-state index in [0.717, 1.165) is 46.4 Å². The number of ether oxygens (including phenoxy) is 1. The molecule has 1 aliphatic carbocycles. The van der Waals surface area contributed by atoms with Crippen LogP contribution in [0.3, 0.4) is 0 Å². The van der Waals surface area contributed by atoms with Gasteiger partial charge in [0, 0.05) is 38.6 Å². The van der Waals surface area contributed by atoms with Gasteiger partial charge in [0.25, 0.3) is 5.91 Å². The van der Waals surface area contributed by atoms with Crippen molar-refractivity contribution in [1.29, 1.82) is 0 Å². The lowest BCUT2D eigenvalue weighted by Gasteiger charge is -2.29. The summed E-state index contributed by atoms with van der Waals surface area (Å²) in [4.78, 5) is 65.4. The van der Waals surface area contributed by atoms with Crippen molar-refractivity contribution >= 4 is 35.7 Å². The summed E-state index contributed by atoms with van der Waals surface area (Å²) in [5.41, 5.74) is 2.51. The number of hydrogen-bond donors (Lipinski definition) is 3. The highest BCUT2D eigenvalue weighted by molar-refractivity contribution is 6.06. The summed E-state index contributed by atoms with van der Waals surface area (Å²) in [6.07, 6.45) is 10.5. The zero-order valence-electron chi connectivity index (χ0n) is 30.8. The molecule has 12 nitrogen and oxygen atoms in total. The smallest absolute Gasteiger partial charge is 0.408 e. The van der Waals surface area contributed by atoms with Crippen LogP contribution in [0.1, 0.15) is 69.5 Å². The monoisotopic (exact) mass is 705 g/mol. The first-order valence-corrected chi connectivity index (χ1v) is 17.5. The summed E-state index contributed by atoms with van der Waals surface area (Å²) >= 11 is 0. The molecule has 272 valence electrons. The number of carbonyl (C=O) groups is 4. The number of alkyl carbamates (subject to hydrolysis) is 1. The molecular formula is C40H47N7O5. The molecule has 3 N–H and O–H groups in total. The van der Waals surface area contributed by atoms with Crippen molar-refractivity contribution < 1.29 is 23.9 Å². The molecule has 3 heterocycles. The Kier molecular flexibility index (Phi) is 9.61. The number of rotatable bonds is 10. The van der Waals surface area contributed by atoms with E-state index in [9.17, 15) is 19.2 Å². The SMILES string of the molecule is CN(C)C(=O)C(c1ccc(-c2ccccc2)cc1)n1cnc(NC(=O)C2(Cc3c[nH]c4c3C=CCC4)CN2C(=O)C(C)(C)NC(=O)OC(C)(C)C)c1. The van der Waals surface area contributed by atoms with Crippen LogP contribution >= 0.6 is 0 Å². The maximum absolute atomic E-state index is 14.3. The topological polar surface area (TPSA) is 141 Å². The van der Waals surface area contributed by atoms with Crippen molar-refractivity contribution in [2.24, 2.45) is 0 Å². The predicted octanol–water partition coefficient (Wildman–Crippen LogP) is 5.58. The van der Waals surface area contributed by atoms with E-state index in [0.29, 0.717) is 0 Å². The molecule has 0 bridgehead atoms. The number of anilines is 1. The van der Waals surface area contributed by atoms with Crippen LogP contribution in [0.2, 0.25) is 0 Å². The summed E-state index contributed by atoms with van der Waals surface area (Å²) in [6.45, 7) is 8.56. The van der Waals surface area contributed by atoms with E-state index in [1.165, 1.54) is 16.1 Å². The number of carbonyl (C=O) groups excluding carboxylic acids is 4. The number of nitrogens with zero attached hydrogens (tertiary/aromatic N) is 4. The largest absolute Gasteiger partial charge is 0.444 e. The van der Waals surface area contributed by atoms with Crippen molar-refractivity contribution in [3.63, 3.8) is 0 Å². The molecule has 52 heavy (non-hydrogen) atoms. The fourth-order valence-corrected chi connectivity index (χ4v) is 6.65. The van der Waals surface area contributed by atoms with Gasteiger partial charge in [-0.2, -0.15) is 0 Å². The predicted molar refractivity (Wildman–Crippen MR) is 199 cm³/mol. The second-order valence-electron chi connectivity index (χ2n) is 15.3. The molecule has 0 spiro atoms. The van der Waals surface area contributed by atoms with Gasteiger partial charge in [-0.1, -0.05) is 66.7 Å². The van der Waals surface area contributed by atoms with Gasteiger partial charge in [0.05, 0.1) is 12.9 Å². The highest BCUT2D eigenvalue weighted by Gasteiger charge is 2.63. The lowest BCUT2D eigenvalue weighted by molar-refractivity contribution is -0.135. The highest BCUT2D eigenvalue weighted by atomic mass is 16.6. The number of amides is 4. The second-order valence-corrected chi connectivity index (χ2v) is 15.3. The van der Waals surface area contributed by atoms with Gasteiger partial charge in [0.15, 0.2) is 5.82 Å². The van der Waals surface area contributed by atoms with Crippen LogP contribution in [-0.2, 0) is 32.0 Å². The van der Waals surface area contributed by atoms with E-state index in [-0.39, 0.29) is 24.7 Å². The van der Waals surface area contributed by atoms with Crippen molar-refractivity contribution in [2.45, 2.75) is 76.6 Å². The Balaban J connectivity index is 1.26. The van der Waals surface area contributed by atoms with Gasteiger partial charge in [0.2, 0.25) is 11.8 Å². The fraction of sp³-hybridized carbons (Fsp3) is 0.375.